The van der Waals surface area contributed by atoms with E-state index in [0.29, 0.717) is 12.3 Å². The van der Waals surface area contributed by atoms with Gasteiger partial charge in [0.1, 0.15) is 5.75 Å². The van der Waals surface area contributed by atoms with E-state index in [1.165, 1.54) is 0 Å². The fourth-order valence-electron chi connectivity index (χ4n) is 2.79. The molecule has 1 aliphatic heterocycles. The molecule has 0 saturated carbocycles. The lowest BCUT2D eigenvalue weighted by Gasteiger charge is -2.33. The molecule has 0 aliphatic carbocycles. The number of carbonyl (C=O) groups is 1. The highest BCUT2D eigenvalue weighted by Crippen LogP contribution is 2.28. The predicted molar refractivity (Wildman–Crippen MR) is 82.8 cm³/mol. The SMILES string of the molecule is COc1ccc(C)c(NC(=O)N2CCCC2C(C)(C)O)c1. The van der Waals surface area contributed by atoms with Crippen molar-refractivity contribution in [2.24, 2.45) is 0 Å². The Bertz CT molecular complexity index is 523. The van der Waals surface area contributed by atoms with Crippen LogP contribution in [0.3, 0.4) is 0 Å². The van der Waals surface area contributed by atoms with Crippen molar-refractivity contribution < 1.29 is 14.6 Å². The van der Waals surface area contributed by atoms with Gasteiger partial charge in [0.25, 0.3) is 0 Å². The molecular weight excluding hydrogens is 268 g/mol. The number of amides is 2. The number of urea groups is 1. The van der Waals surface area contributed by atoms with Crippen LogP contribution in [0.25, 0.3) is 0 Å². The number of hydrogen-bond acceptors (Lipinski definition) is 3. The molecule has 1 unspecified atom stereocenters. The molecule has 1 heterocycles. The van der Waals surface area contributed by atoms with Crippen molar-refractivity contribution in [3.63, 3.8) is 0 Å². The molecule has 1 fully saturated rings. The maximum absolute atomic E-state index is 12.5. The third-order valence-electron chi connectivity index (χ3n) is 4.02. The van der Waals surface area contributed by atoms with Gasteiger partial charge in [-0.05, 0) is 45.2 Å². The van der Waals surface area contributed by atoms with Crippen LogP contribution in [0.4, 0.5) is 10.5 Å². The molecular formula is C16H24N2O3. The Morgan fingerprint density at radius 2 is 2.19 bits per heavy atom. The highest BCUT2D eigenvalue weighted by Gasteiger charge is 2.38. The number of nitrogens with one attached hydrogen (secondary N) is 1. The number of carbonyl (C=O) groups excluding carboxylic acids is 1. The van der Waals surface area contributed by atoms with Gasteiger partial charge in [-0.25, -0.2) is 4.79 Å². The Morgan fingerprint density at radius 3 is 2.81 bits per heavy atom. The lowest BCUT2D eigenvalue weighted by molar-refractivity contribution is 0.0117. The van der Waals surface area contributed by atoms with Crippen molar-refractivity contribution in [2.45, 2.75) is 45.3 Å². The number of methoxy groups -OCH3 is 1. The third-order valence-corrected chi connectivity index (χ3v) is 4.02. The molecule has 21 heavy (non-hydrogen) atoms. The monoisotopic (exact) mass is 292 g/mol. The lowest BCUT2D eigenvalue weighted by atomic mass is 9.97. The Morgan fingerprint density at radius 1 is 1.48 bits per heavy atom. The van der Waals surface area contributed by atoms with Crippen molar-refractivity contribution in [3.8, 4) is 5.75 Å². The largest absolute Gasteiger partial charge is 0.497 e. The van der Waals surface area contributed by atoms with Crippen molar-refractivity contribution in [3.05, 3.63) is 23.8 Å². The summed E-state index contributed by atoms with van der Waals surface area (Å²) in [5.41, 5.74) is 0.820. The van der Waals surface area contributed by atoms with Gasteiger partial charge in [-0.1, -0.05) is 6.07 Å². The summed E-state index contributed by atoms with van der Waals surface area (Å²) in [5.74, 6) is 0.705. The molecule has 0 aromatic heterocycles. The second kappa shape index (κ2) is 5.93. The van der Waals surface area contributed by atoms with Crippen LogP contribution in [0, 0.1) is 6.92 Å². The van der Waals surface area contributed by atoms with Crippen LogP contribution in [-0.4, -0.2) is 41.3 Å². The van der Waals surface area contributed by atoms with Gasteiger partial charge in [-0.15, -0.1) is 0 Å². The number of benzene rings is 1. The number of rotatable bonds is 3. The smallest absolute Gasteiger partial charge is 0.322 e. The Kier molecular flexibility index (Phi) is 4.42. The highest BCUT2D eigenvalue weighted by molar-refractivity contribution is 5.90. The number of likely N-dealkylation sites (tertiary alicyclic amines) is 1. The van der Waals surface area contributed by atoms with E-state index in [4.69, 9.17) is 4.74 Å². The first-order valence-corrected chi connectivity index (χ1v) is 7.27. The minimum Gasteiger partial charge on any atom is -0.497 e. The van der Waals surface area contributed by atoms with E-state index in [2.05, 4.69) is 5.32 Å². The summed E-state index contributed by atoms with van der Waals surface area (Å²) in [5, 5.41) is 13.1. The zero-order chi connectivity index (χ0) is 15.6. The van der Waals surface area contributed by atoms with Gasteiger partial charge >= 0.3 is 6.03 Å². The fourth-order valence-corrected chi connectivity index (χ4v) is 2.79. The van der Waals surface area contributed by atoms with Crippen LogP contribution >= 0.6 is 0 Å². The maximum Gasteiger partial charge on any atom is 0.322 e. The lowest BCUT2D eigenvalue weighted by Crippen LogP contribution is -2.49. The Hall–Kier alpha value is -1.75. The summed E-state index contributed by atoms with van der Waals surface area (Å²) in [7, 11) is 1.60. The second-order valence-electron chi connectivity index (χ2n) is 6.12. The van der Waals surface area contributed by atoms with Crippen LogP contribution in [0.15, 0.2) is 18.2 Å². The first-order chi connectivity index (χ1) is 9.82. The molecule has 1 aliphatic rings. The van der Waals surface area contributed by atoms with E-state index in [-0.39, 0.29) is 12.1 Å². The van der Waals surface area contributed by atoms with Gasteiger partial charge < -0.3 is 20.1 Å². The van der Waals surface area contributed by atoms with Gasteiger partial charge in [0, 0.05) is 18.3 Å². The second-order valence-corrected chi connectivity index (χ2v) is 6.12. The third kappa shape index (κ3) is 3.47. The van der Waals surface area contributed by atoms with Crippen LogP contribution in [-0.2, 0) is 0 Å². The molecule has 1 aromatic rings. The summed E-state index contributed by atoms with van der Waals surface area (Å²) in [6.07, 6.45) is 1.74. The van der Waals surface area contributed by atoms with Crippen LogP contribution in [0.5, 0.6) is 5.75 Å². The molecule has 5 heteroatoms. The number of aryl methyl sites for hydroxylation is 1. The molecule has 5 nitrogen and oxygen atoms in total. The molecule has 0 radical (unpaired) electrons. The highest BCUT2D eigenvalue weighted by atomic mass is 16.5. The summed E-state index contributed by atoms with van der Waals surface area (Å²) < 4.78 is 5.19. The quantitative estimate of drug-likeness (QED) is 0.900. The molecule has 0 spiro atoms. The Labute approximate surface area is 125 Å². The van der Waals surface area contributed by atoms with Crippen molar-refractivity contribution in [2.75, 3.05) is 19.0 Å². The number of anilines is 1. The van der Waals surface area contributed by atoms with Crippen molar-refractivity contribution >= 4 is 11.7 Å². The molecule has 2 amide bonds. The minimum atomic E-state index is -0.892. The van der Waals surface area contributed by atoms with Crippen LogP contribution < -0.4 is 10.1 Å². The first kappa shape index (κ1) is 15.6. The zero-order valence-electron chi connectivity index (χ0n) is 13.1. The number of nitrogens with zero attached hydrogens (tertiary/aromatic N) is 1. The van der Waals surface area contributed by atoms with Gasteiger partial charge in [0.2, 0.25) is 0 Å². The molecule has 1 atom stereocenters. The van der Waals surface area contributed by atoms with E-state index in [1.807, 2.05) is 25.1 Å². The van der Waals surface area contributed by atoms with E-state index >= 15 is 0 Å². The average Bonchev–Trinajstić information content (AvgIpc) is 2.90. The molecule has 1 saturated heterocycles. The Balaban J connectivity index is 2.14. The summed E-state index contributed by atoms with van der Waals surface area (Å²) in [4.78, 5) is 14.2. The number of aliphatic hydroxyl groups is 1. The minimum absolute atomic E-state index is 0.150. The maximum atomic E-state index is 12.5. The number of ether oxygens (including phenoxy) is 1. The van der Waals surface area contributed by atoms with Crippen molar-refractivity contribution in [1.82, 2.24) is 4.90 Å². The zero-order valence-corrected chi connectivity index (χ0v) is 13.1. The standard InChI is InChI=1S/C16H24N2O3/c1-11-7-8-12(21-4)10-13(11)17-15(19)18-9-5-6-14(18)16(2,3)20/h7-8,10,14,20H,5-6,9H2,1-4H3,(H,17,19). The van der Waals surface area contributed by atoms with Crippen LogP contribution in [0.2, 0.25) is 0 Å². The van der Waals surface area contributed by atoms with E-state index in [9.17, 15) is 9.90 Å². The first-order valence-electron chi connectivity index (χ1n) is 7.27. The molecule has 116 valence electrons. The van der Waals surface area contributed by atoms with E-state index < -0.39 is 5.60 Å². The topological polar surface area (TPSA) is 61.8 Å². The normalized spacial score (nSPS) is 18.7. The summed E-state index contributed by atoms with van der Waals surface area (Å²) in [6.45, 7) is 6.11. The van der Waals surface area contributed by atoms with Gasteiger partial charge in [-0.3, -0.25) is 0 Å². The van der Waals surface area contributed by atoms with E-state index in [0.717, 1.165) is 24.1 Å². The van der Waals surface area contributed by atoms with Crippen LogP contribution in [0.1, 0.15) is 32.3 Å². The molecule has 2 N–H and O–H groups in total. The van der Waals surface area contributed by atoms with E-state index in [1.54, 1.807) is 25.9 Å². The fraction of sp³-hybridized carbons (Fsp3) is 0.562. The van der Waals surface area contributed by atoms with Crippen molar-refractivity contribution in [1.29, 1.82) is 0 Å². The molecule has 2 rings (SSSR count). The number of hydrogen-bond donors (Lipinski definition) is 2. The van der Waals surface area contributed by atoms with Gasteiger partial charge in [0.15, 0.2) is 0 Å². The molecule has 0 bridgehead atoms. The van der Waals surface area contributed by atoms with Gasteiger partial charge in [0.05, 0.1) is 18.8 Å². The molecule has 1 aromatic carbocycles. The predicted octanol–water partition coefficient (Wildman–Crippen LogP) is 2.77. The summed E-state index contributed by atoms with van der Waals surface area (Å²) in [6, 6.07) is 5.26. The average molecular weight is 292 g/mol. The van der Waals surface area contributed by atoms with Gasteiger partial charge in [-0.2, -0.15) is 0 Å². The summed E-state index contributed by atoms with van der Waals surface area (Å²) >= 11 is 0.